The van der Waals surface area contributed by atoms with E-state index >= 15 is 0 Å². The van der Waals surface area contributed by atoms with Crippen LogP contribution in [-0.2, 0) is 4.79 Å². The number of carbonyl (C=O) groups excluding carboxylic acids is 1. The fraction of sp³-hybridized carbons (Fsp3) is 0.593. The van der Waals surface area contributed by atoms with Crippen molar-refractivity contribution in [2.45, 2.75) is 64.8 Å². The molecule has 196 valence electrons. The molecule has 2 atom stereocenters. The molecule has 1 aromatic carbocycles. The van der Waals surface area contributed by atoms with Crippen LogP contribution < -0.4 is 15.0 Å². The monoisotopic (exact) mass is 500 g/mol. The summed E-state index contributed by atoms with van der Waals surface area (Å²) in [6.07, 6.45) is 5.88. The van der Waals surface area contributed by atoms with Gasteiger partial charge in [0.05, 0.1) is 13.2 Å². The van der Waals surface area contributed by atoms with Crippen molar-refractivity contribution in [1.82, 2.24) is 15.5 Å². The van der Waals surface area contributed by atoms with E-state index < -0.39 is 0 Å². The molecule has 1 saturated heterocycles. The SMILES string of the molecule is CC(C)c1noc(N2CCC(COc3ccc(C4=CCC(C(=O)N[C@@H](C)CO)CC4)cc3F)CC2)n1. The molecule has 0 bridgehead atoms. The van der Waals surface area contributed by atoms with Crippen LogP contribution in [0.15, 0.2) is 28.8 Å². The molecule has 8 nitrogen and oxygen atoms in total. The van der Waals surface area contributed by atoms with Crippen LogP contribution in [0.2, 0.25) is 0 Å². The molecule has 2 heterocycles. The van der Waals surface area contributed by atoms with Crippen molar-refractivity contribution in [3.05, 3.63) is 41.5 Å². The lowest BCUT2D eigenvalue weighted by Gasteiger charge is -2.30. The van der Waals surface area contributed by atoms with Crippen LogP contribution >= 0.6 is 0 Å². The third-order valence-corrected chi connectivity index (χ3v) is 7.05. The molecule has 4 rings (SSSR count). The Balaban J connectivity index is 1.25. The number of carbonyl (C=O) groups is 1. The number of nitrogens with zero attached hydrogens (tertiary/aromatic N) is 3. The van der Waals surface area contributed by atoms with E-state index in [-0.39, 0.29) is 42.0 Å². The van der Waals surface area contributed by atoms with Gasteiger partial charge in [0.15, 0.2) is 17.4 Å². The summed E-state index contributed by atoms with van der Waals surface area (Å²) in [5, 5.41) is 16.0. The summed E-state index contributed by atoms with van der Waals surface area (Å²) in [5.41, 5.74) is 1.88. The third-order valence-electron chi connectivity index (χ3n) is 7.05. The maximum Gasteiger partial charge on any atom is 0.324 e. The topological polar surface area (TPSA) is 101 Å². The van der Waals surface area contributed by atoms with Gasteiger partial charge in [0, 0.05) is 31.0 Å². The zero-order valence-corrected chi connectivity index (χ0v) is 21.4. The number of ether oxygens (including phenoxy) is 1. The number of anilines is 1. The largest absolute Gasteiger partial charge is 0.490 e. The van der Waals surface area contributed by atoms with Crippen molar-refractivity contribution in [3.63, 3.8) is 0 Å². The minimum absolute atomic E-state index is 0.0370. The predicted molar refractivity (Wildman–Crippen MR) is 135 cm³/mol. The lowest BCUT2D eigenvalue weighted by atomic mass is 9.86. The molecule has 1 amide bonds. The maximum atomic E-state index is 14.8. The summed E-state index contributed by atoms with van der Waals surface area (Å²) >= 11 is 0. The van der Waals surface area contributed by atoms with Gasteiger partial charge in [-0.2, -0.15) is 4.98 Å². The van der Waals surface area contributed by atoms with Crippen molar-refractivity contribution >= 4 is 17.5 Å². The van der Waals surface area contributed by atoms with Crippen LogP contribution in [0, 0.1) is 17.7 Å². The molecular formula is C27H37FN4O4. The molecule has 2 aliphatic rings. The summed E-state index contributed by atoms with van der Waals surface area (Å²) in [6.45, 7) is 7.85. The van der Waals surface area contributed by atoms with E-state index in [1.807, 2.05) is 26.0 Å². The lowest BCUT2D eigenvalue weighted by molar-refractivity contribution is -0.126. The number of piperidine rings is 1. The zero-order valence-electron chi connectivity index (χ0n) is 21.4. The van der Waals surface area contributed by atoms with Gasteiger partial charge in [-0.1, -0.05) is 31.1 Å². The van der Waals surface area contributed by atoms with Crippen LogP contribution in [-0.4, -0.2) is 53.5 Å². The molecule has 1 aliphatic heterocycles. The Kier molecular flexibility index (Phi) is 8.61. The van der Waals surface area contributed by atoms with Crippen LogP contribution in [0.1, 0.15) is 70.2 Å². The predicted octanol–water partition coefficient (Wildman–Crippen LogP) is 4.31. The number of aromatic nitrogens is 2. The van der Waals surface area contributed by atoms with Crippen LogP contribution in [0.4, 0.5) is 10.4 Å². The number of allylic oxidation sites excluding steroid dienone is 2. The maximum absolute atomic E-state index is 14.8. The van der Waals surface area contributed by atoms with E-state index in [1.165, 1.54) is 6.07 Å². The second-order valence-electron chi connectivity index (χ2n) is 10.3. The number of aliphatic hydroxyl groups excluding tert-OH is 1. The summed E-state index contributed by atoms with van der Waals surface area (Å²) < 4.78 is 26.1. The molecule has 1 aromatic heterocycles. The van der Waals surface area contributed by atoms with Crippen molar-refractivity contribution in [3.8, 4) is 5.75 Å². The second kappa shape index (κ2) is 11.9. The summed E-state index contributed by atoms with van der Waals surface area (Å²) in [6, 6.07) is 5.44. The van der Waals surface area contributed by atoms with Crippen molar-refractivity contribution in [2.24, 2.45) is 11.8 Å². The standard InChI is InChI=1S/C27H37FN4O4/c1-17(2)25-30-27(36-31-25)32-12-10-19(11-13-32)16-35-24-9-8-22(14-23(24)28)20-4-6-21(7-5-20)26(34)29-18(3)15-33/h4,8-9,14,17-19,21,33H,5-7,10-13,15-16H2,1-3H3,(H,29,34)/t18-,21?/m0/s1. The minimum atomic E-state index is -0.366. The first kappa shape index (κ1) is 26.1. The first-order chi connectivity index (χ1) is 17.3. The highest BCUT2D eigenvalue weighted by Gasteiger charge is 2.25. The van der Waals surface area contributed by atoms with Gasteiger partial charge < -0.3 is 24.6 Å². The van der Waals surface area contributed by atoms with Crippen LogP contribution in [0.3, 0.4) is 0 Å². The van der Waals surface area contributed by atoms with Gasteiger partial charge in [0.1, 0.15) is 0 Å². The van der Waals surface area contributed by atoms with Gasteiger partial charge in [0.25, 0.3) is 0 Å². The zero-order chi connectivity index (χ0) is 25.7. The smallest absolute Gasteiger partial charge is 0.324 e. The Morgan fingerprint density at radius 3 is 2.67 bits per heavy atom. The van der Waals surface area contributed by atoms with E-state index in [9.17, 15) is 9.18 Å². The van der Waals surface area contributed by atoms with Crippen molar-refractivity contribution < 1.29 is 23.6 Å². The molecule has 1 aliphatic carbocycles. The second-order valence-corrected chi connectivity index (χ2v) is 10.3. The Morgan fingerprint density at radius 1 is 1.28 bits per heavy atom. The average molecular weight is 501 g/mol. The van der Waals surface area contributed by atoms with Crippen LogP contribution in [0.25, 0.3) is 5.57 Å². The van der Waals surface area contributed by atoms with Gasteiger partial charge in [0.2, 0.25) is 5.91 Å². The van der Waals surface area contributed by atoms with E-state index in [1.54, 1.807) is 13.0 Å². The lowest BCUT2D eigenvalue weighted by Crippen LogP contribution is -2.39. The highest BCUT2D eigenvalue weighted by Crippen LogP contribution is 2.33. The highest BCUT2D eigenvalue weighted by molar-refractivity contribution is 5.80. The van der Waals surface area contributed by atoms with E-state index in [0.717, 1.165) is 42.9 Å². The molecule has 1 unspecified atom stereocenters. The van der Waals surface area contributed by atoms with E-state index in [4.69, 9.17) is 14.4 Å². The molecule has 0 saturated carbocycles. The quantitative estimate of drug-likeness (QED) is 0.529. The molecule has 9 heteroatoms. The molecule has 36 heavy (non-hydrogen) atoms. The molecular weight excluding hydrogens is 463 g/mol. The third kappa shape index (κ3) is 6.43. The average Bonchev–Trinajstić information content (AvgIpc) is 3.39. The summed E-state index contributed by atoms with van der Waals surface area (Å²) in [5.74, 6) is 1.04. The van der Waals surface area contributed by atoms with E-state index in [0.29, 0.717) is 37.8 Å². The molecule has 2 N–H and O–H groups in total. The molecule has 2 aromatic rings. The van der Waals surface area contributed by atoms with Crippen LogP contribution in [0.5, 0.6) is 5.75 Å². The Bertz CT molecular complexity index is 1060. The van der Waals surface area contributed by atoms with Gasteiger partial charge in [-0.05, 0) is 68.2 Å². The Labute approximate surface area is 211 Å². The number of aliphatic hydroxyl groups is 1. The highest BCUT2D eigenvalue weighted by atomic mass is 19.1. The molecule has 1 fully saturated rings. The van der Waals surface area contributed by atoms with Gasteiger partial charge in [-0.15, -0.1) is 0 Å². The molecule has 0 radical (unpaired) electrons. The fourth-order valence-corrected chi connectivity index (χ4v) is 4.65. The number of nitrogens with one attached hydrogen (secondary N) is 1. The number of halogens is 1. The minimum Gasteiger partial charge on any atom is -0.490 e. The van der Waals surface area contributed by atoms with Gasteiger partial charge in [-0.3, -0.25) is 4.79 Å². The Hall–Kier alpha value is -2.94. The fourth-order valence-electron chi connectivity index (χ4n) is 4.65. The number of rotatable bonds is 9. The normalized spacial score (nSPS) is 19.8. The first-order valence-corrected chi connectivity index (χ1v) is 13.0. The number of hydrogen-bond donors (Lipinski definition) is 2. The number of amides is 1. The van der Waals surface area contributed by atoms with E-state index in [2.05, 4.69) is 20.4 Å². The molecule has 0 spiro atoms. The Morgan fingerprint density at radius 2 is 2.06 bits per heavy atom. The van der Waals surface area contributed by atoms with Crippen molar-refractivity contribution in [1.29, 1.82) is 0 Å². The van der Waals surface area contributed by atoms with Crippen molar-refractivity contribution in [2.75, 3.05) is 31.2 Å². The summed E-state index contributed by atoms with van der Waals surface area (Å²) in [7, 11) is 0. The number of benzene rings is 1. The summed E-state index contributed by atoms with van der Waals surface area (Å²) in [4.78, 5) is 18.9. The number of hydrogen-bond acceptors (Lipinski definition) is 7. The first-order valence-electron chi connectivity index (χ1n) is 13.0. The van der Waals surface area contributed by atoms with Gasteiger partial charge >= 0.3 is 6.01 Å². The van der Waals surface area contributed by atoms with Gasteiger partial charge in [-0.25, -0.2) is 4.39 Å².